The molecule has 0 saturated carbocycles. The van der Waals surface area contributed by atoms with Crippen LogP contribution in [-0.4, -0.2) is 11.1 Å². The zero-order valence-electron chi connectivity index (χ0n) is 14.5. The van der Waals surface area contributed by atoms with E-state index in [1.807, 2.05) is 30.3 Å². The second-order valence-corrected chi connectivity index (χ2v) is 6.21. The highest BCUT2D eigenvalue weighted by molar-refractivity contribution is 5.71. The Kier molecular flexibility index (Phi) is 4.73. The third-order valence-corrected chi connectivity index (χ3v) is 4.22. The smallest absolute Gasteiger partial charge is 0.408 e. The molecule has 0 unspecified atom stereocenters. The second-order valence-electron chi connectivity index (χ2n) is 6.21. The third-order valence-electron chi connectivity index (χ3n) is 4.22. The van der Waals surface area contributed by atoms with Gasteiger partial charge in [-0.3, -0.25) is 0 Å². The monoisotopic (exact) mass is 376 g/mol. The second kappa shape index (κ2) is 7.49. The number of carbonyl (C=O) groups is 1. The van der Waals surface area contributed by atoms with Crippen molar-refractivity contribution in [2.45, 2.75) is 12.1 Å². The third kappa shape index (κ3) is 3.84. The van der Waals surface area contributed by atoms with Crippen molar-refractivity contribution in [3.63, 3.8) is 0 Å². The number of carbonyl (C=O) groups excluding carboxylic acids is 1. The highest BCUT2D eigenvalue weighted by atomic mass is 19.1. The van der Waals surface area contributed by atoms with E-state index < -0.39 is 29.9 Å². The molecule has 3 aromatic rings. The molecule has 1 aromatic heterocycles. The first kappa shape index (κ1) is 17.7. The standard InChI is InChI=1S/C22H14F2N2O2/c23-16-11-15(12-17(24)13-16)21-20(26-22(27)28-21)19-8-4-7-18(25-19)10-9-14-5-2-1-3-6-14/h1-8,11-13,20-21H,(H,26,27)/t20-,21-/m0/s1. The van der Waals surface area contributed by atoms with Gasteiger partial charge < -0.3 is 10.1 Å². The Morgan fingerprint density at radius 3 is 2.43 bits per heavy atom. The first-order valence-corrected chi connectivity index (χ1v) is 8.56. The van der Waals surface area contributed by atoms with Crippen molar-refractivity contribution in [3.05, 3.63) is 101 Å². The number of cyclic esters (lactones) is 1. The van der Waals surface area contributed by atoms with Crippen LogP contribution in [0.15, 0.2) is 66.7 Å². The molecule has 0 aliphatic carbocycles. The number of nitrogens with one attached hydrogen (secondary N) is 1. The van der Waals surface area contributed by atoms with Crippen molar-refractivity contribution in [2.75, 3.05) is 0 Å². The Bertz CT molecular complexity index is 1070. The number of hydrogen-bond donors (Lipinski definition) is 1. The number of rotatable bonds is 2. The minimum atomic E-state index is -0.900. The van der Waals surface area contributed by atoms with Crippen molar-refractivity contribution in [3.8, 4) is 11.8 Å². The van der Waals surface area contributed by atoms with E-state index in [0.717, 1.165) is 23.8 Å². The Morgan fingerprint density at radius 2 is 1.68 bits per heavy atom. The minimum absolute atomic E-state index is 0.212. The van der Waals surface area contributed by atoms with E-state index in [4.69, 9.17) is 4.74 Å². The molecular weight excluding hydrogens is 362 g/mol. The molecule has 138 valence electrons. The quantitative estimate of drug-likeness (QED) is 0.679. The Morgan fingerprint density at radius 1 is 0.929 bits per heavy atom. The number of ether oxygens (including phenoxy) is 1. The molecule has 1 N–H and O–H groups in total. The molecule has 1 aliphatic rings. The van der Waals surface area contributed by atoms with Crippen LogP contribution < -0.4 is 5.32 Å². The maximum absolute atomic E-state index is 13.6. The number of benzene rings is 2. The zero-order chi connectivity index (χ0) is 19.5. The van der Waals surface area contributed by atoms with Gasteiger partial charge in [0.1, 0.15) is 23.4 Å². The molecule has 1 fully saturated rings. The largest absolute Gasteiger partial charge is 0.439 e. The fourth-order valence-corrected chi connectivity index (χ4v) is 3.00. The van der Waals surface area contributed by atoms with E-state index in [2.05, 4.69) is 22.1 Å². The average Bonchev–Trinajstić information content (AvgIpc) is 3.09. The van der Waals surface area contributed by atoms with Gasteiger partial charge in [-0.1, -0.05) is 30.2 Å². The number of pyridine rings is 1. The molecule has 6 heteroatoms. The van der Waals surface area contributed by atoms with Crippen LogP contribution in [0.4, 0.5) is 13.6 Å². The van der Waals surface area contributed by atoms with Crippen LogP contribution in [0.2, 0.25) is 0 Å². The van der Waals surface area contributed by atoms with E-state index in [1.54, 1.807) is 18.2 Å². The normalized spacial score (nSPS) is 18.0. The highest BCUT2D eigenvalue weighted by Gasteiger charge is 2.37. The van der Waals surface area contributed by atoms with E-state index >= 15 is 0 Å². The lowest BCUT2D eigenvalue weighted by Crippen LogP contribution is -2.21. The highest BCUT2D eigenvalue weighted by Crippen LogP contribution is 2.36. The number of hydrogen-bond acceptors (Lipinski definition) is 3. The van der Waals surface area contributed by atoms with Gasteiger partial charge in [0.2, 0.25) is 0 Å². The lowest BCUT2D eigenvalue weighted by molar-refractivity contribution is 0.131. The van der Waals surface area contributed by atoms with Crippen LogP contribution in [0, 0.1) is 23.5 Å². The summed E-state index contributed by atoms with van der Waals surface area (Å²) in [4.78, 5) is 16.3. The predicted octanol–water partition coefficient (Wildman–Crippen LogP) is 4.28. The molecule has 0 radical (unpaired) electrons. The molecule has 28 heavy (non-hydrogen) atoms. The van der Waals surface area contributed by atoms with Gasteiger partial charge in [0, 0.05) is 17.2 Å². The fourth-order valence-electron chi connectivity index (χ4n) is 3.00. The molecule has 0 bridgehead atoms. The topological polar surface area (TPSA) is 51.2 Å². The number of amides is 1. The summed E-state index contributed by atoms with van der Waals surface area (Å²) in [5.41, 5.74) is 2.05. The Hall–Kier alpha value is -3.72. The summed E-state index contributed by atoms with van der Waals surface area (Å²) < 4.78 is 32.4. The van der Waals surface area contributed by atoms with Gasteiger partial charge in [-0.2, -0.15) is 0 Å². The first-order valence-electron chi connectivity index (χ1n) is 8.56. The number of aromatic nitrogens is 1. The van der Waals surface area contributed by atoms with Crippen molar-refractivity contribution in [1.29, 1.82) is 0 Å². The summed E-state index contributed by atoms with van der Waals surface area (Å²) in [6.07, 6.45) is -1.58. The van der Waals surface area contributed by atoms with Gasteiger partial charge in [0.25, 0.3) is 0 Å². The van der Waals surface area contributed by atoms with Crippen molar-refractivity contribution >= 4 is 6.09 Å². The predicted molar refractivity (Wildman–Crippen MR) is 98.1 cm³/mol. The molecule has 1 amide bonds. The molecule has 2 atom stereocenters. The molecule has 0 spiro atoms. The summed E-state index contributed by atoms with van der Waals surface area (Å²) in [6, 6.07) is 17.0. The van der Waals surface area contributed by atoms with Crippen LogP contribution in [-0.2, 0) is 4.74 Å². The van der Waals surface area contributed by atoms with Crippen LogP contribution in [0.5, 0.6) is 0 Å². The minimum Gasteiger partial charge on any atom is -0.439 e. The van der Waals surface area contributed by atoms with Crippen molar-refractivity contribution in [1.82, 2.24) is 10.3 Å². The zero-order valence-corrected chi connectivity index (χ0v) is 14.5. The Balaban J connectivity index is 1.66. The van der Waals surface area contributed by atoms with Crippen molar-refractivity contribution < 1.29 is 18.3 Å². The number of halogens is 2. The molecule has 2 heterocycles. The molecule has 4 nitrogen and oxygen atoms in total. The first-order chi connectivity index (χ1) is 13.6. The van der Waals surface area contributed by atoms with Crippen LogP contribution in [0.25, 0.3) is 0 Å². The summed E-state index contributed by atoms with van der Waals surface area (Å²) in [5, 5.41) is 2.64. The molecule has 1 saturated heterocycles. The number of alkyl carbamates (subject to hydrolysis) is 1. The molecule has 4 rings (SSSR count). The van der Waals surface area contributed by atoms with Crippen LogP contribution in [0.1, 0.15) is 34.7 Å². The molecular formula is C22H14F2N2O2. The van der Waals surface area contributed by atoms with E-state index in [0.29, 0.717) is 11.4 Å². The average molecular weight is 376 g/mol. The van der Waals surface area contributed by atoms with E-state index in [-0.39, 0.29) is 5.56 Å². The summed E-state index contributed by atoms with van der Waals surface area (Å²) in [7, 11) is 0. The van der Waals surface area contributed by atoms with E-state index in [9.17, 15) is 13.6 Å². The molecule has 2 aromatic carbocycles. The van der Waals surface area contributed by atoms with Gasteiger partial charge in [0.15, 0.2) is 6.10 Å². The van der Waals surface area contributed by atoms with Crippen molar-refractivity contribution in [2.24, 2.45) is 0 Å². The van der Waals surface area contributed by atoms with Gasteiger partial charge >= 0.3 is 6.09 Å². The summed E-state index contributed by atoms with van der Waals surface area (Å²) >= 11 is 0. The summed E-state index contributed by atoms with van der Waals surface area (Å²) in [5.74, 6) is 4.50. The van der Waals surface area contributed by atoms with Gasteiger partial charge in [-0.15, -0.1) is 0 Å². The maximum Gasteiger partial charge on any atom is 0.408 e. The summed E-state index contributed by atoms with van der Waals surface area (Å²) in [6.45, 7) is 0. The lowest BCUT2D eigenvalue weighted by atomic mass is 9.99. The van der Waals surface area contributed by atoms with Gasteiger partial charge in [-0.05, 0) is 42.3 Å². The van der Waals surface area contributed by atoms with Gasteiger partial charge in [0.05, 0.1) is 5.69 Å². The van der Waals surface area contributed by atoms with Gasteiger partial charge in [-0.25, -0.2) is 18.6 Å². The number of nitrogens with zero attached hydrogens (tertiary/aromatic N) is 1. The molecule has 1 aliphatic heterocycles. The SMILES string of the molecule is O=C1N[C@@H](c2cccc(C#Cc3ccccc3)n2)[C@H](c2cc(F)cc(F)c2)O1. The lowest BCUT2D eigenvalue weighted by Gasteiger charge is -2.17. The Labute approximate surface area is 160 Å². The fraction of sp³-hybridized carbons (Fsp3) is 0.0909. The maximum atomic E-state index is 13.6. The van der Waals surface area contributed by atoms with Crippen LogP contribution >= 0.6 is 0 Å². The van der Waals surface area contributed by atoms with E-state index in [1.165, 1.54) is 0 Å². The van der Waals surface area contributed by atoms with Crippen LogP contribution in [0.3, 0.4) is 0 Å².